The molecule has 0 aliphatic carbocycles. The van der Waals surface area contributed by atoms with Crippen LogP contribution in [-0.2, 0) is 44.8 Å². The minimum atomic E-state index is -0.918. The van der Waals surface area contributed by atoms with Gasteiger partial charge in [0.2, 0.25) is 0 Å². The number of nitro groups is 1. The maximum Gasteiger partial charge on any atom is 1.00 e. The molecule has 0 amide bonds. The predicted octanol–water partition coefficient (Wildman–Crippen LogP) is -2.52. The van der Waals surface area contributed by atoms with Gasteiger partial charge in [0.05, 0.1) is 5.03 Å². The summed E-state index contributed by atoms with van der Waals surface area (Å²) in [6, 6.07) is 0. The Bertz CT molecular complexity index is 247. The molecule has 0 saturated heterocycles. The van der Waals surface area contributed by atoms with Crippen LogP contribution in [0.5, 0.6) is 0 Å². The zero-order chi connectivity index (χ0) is 6.69. The van der Waals surface area contributed by atoms with Crippen LogP contribution >= 0.6 is 0 Å². The van der Waals surface area contributed by atoms with Gasteiger partial charge in [-0.15, -0.1) is 5.10 Å². The summed E-state index contributed by atoms with van der Waals surface area (Å²) in [5.41, 5.74) is -0.333. The summed E-state index contributed by atoms with van der Waals surface area (Å²) in [6.45, 7) is 0. The smallest absolute Gasteiger partial charge is 0.447 e. The van der Waals surface area contributed by atoms with Gasteiger partial charge in [-0.25, -0.2) is 0 Å². The largest absolute Gasteiger partial charge is 1.00 e. The Balaban J connectivity index is 0. The molecule has 10 heteroatoms. The summed E-state index contributed by atoms with van der Waals surface area (Å²) in [5, 5.41) is 23.4. The van der Waals surface area contributed by atoms with Gasteiger partial charge >= 0.3 is 44.8 Å². The fourth-order valence-corrected chi connectivity index (χ4v) is 0.253. The van der Waals surface area contributed by atoms with E-state index in [1.807, 2.05) is 0 Å². The van der Waals surface area contributed by atoms with Gasteiger partial charge in [-0.3, -0.25) is 15.3 Å². The summed E-state index contributed by atoms with van der Waals surface area (Å²) in [7, 11) is 0. The Hall–Kier alpha value is -0.249. The third-order valence-corrected chi connectivity index (χ3v) is 0.479. The van der Waals surface area contributed by atoms with E-state index < -0.39 is 5.03 Å². The van der Waals surface area contributed by atoms with Crippen molar-refractivity contribution in [1.29, 1.82) is 0 Å². The predicted molar refractivity (Wildman–Crippen MR) is 21.2 cm³/mol. The molecule has 0 saturated carbocycles. The van der Waals surface area contributed by atoms with E-state index in [0.717, 1.165) is 0 Å². The quantitative estimate of drug-likeness (QED) is 0.316. The van der Waals surface area contributed by atoms with Gasteiger partial charge in [-0.05, 0) is 0 Å². The standard InChI is InChI=1S/CN6O2.2Ag/c8-7(9)4-1-2-5-6-3-1;;/q-2;2*+1. The fraction of sp³-hybridized carbons (Fsp3) is 0. The molecular formula is CAg2N6O2. The zero-order valence-corrected chi connectivity index (χ0v) is 7.57. The van der Waals surface area contributed by atoms with Crippen LogP contribution in [0.2, 0.25) is 0 Å². The molecule has 0 N–H and O–H groups in total. The van der Waals surface area contributed by atoms with Gasteiger partial charge in [0, 0.05) is 5.62 Å². The minimum Gasteiger partial charge on any atom is -0.447 e. The summed E-state index contributed by atoms with van der Waals surface area (Å²) in [4.78, 5) is 9.57. The molecule has 68 valence electrons. The fourth-order valence-electron chi connectivity index (χ4n) is 0.253. The monoisotopic (exact) mass is 342 g/mol. The molecule has 0 spiro atoms. The van der Waals surface area contributed by atoms with Crippen molar-refractivity contribution in [2.24, 2.45) is 5.10 Å². The van der Waals surface area contributed by atoms with Crippen molar-refractivity contribution >= 4 is 0 Å². The molecule has 11 heavy (non-hydrogen) atoms. The van der Waals surface area contributed by atoms with Crippen LogP contribution in [0.4, 0.5) is 0 Å². The first-order valence-corrected chi connectivity index (χ1v) is 1.84. The number of hydrogen-bond donors (Lipinski definition) is 0. The van der Waals surface area contributed by atoms with Crippen molar-refractivity contribution < 1.29 is 49.8 Å². The normalized spacial score (nSPS) is 7.27. The van der Waals surface area contributed by atoms with Crippen LogP contribution in [0.25, 0.3) is 0 Å². The Morgan fingerprint density at radius 1 is 1.36 bits per heavy atom. The second kappa shape index (κ2) is 6.46. The van der Waals surface area contributed by atoms with Crippen LogP contribution in [0.15, 0.2) is 5.10 Å². The van der Waals surface area contributed by atoms with Crippen molar-refractivity contribution in [2.75, 3.05) is 0 Å². The topological polar surface area (TPSA) is 109 Å². The third kappa shape index (κ3) is 5.07. The van der Waals surface area contributed by atoms with E-state index in [-0.39, 0.29) is 50.4 Å². The van der Waals surface area contributed by atoms with E-state index in [1.165, 1.54) is 0 Å². The van der Waals surface area contributed by atoms with Gasteiger partial charge in [-0.2, -0.15) is 0 Å². The van der Waals surface area contributed by atoms with Crippen LogP contribution in [-0.4, -0.2) is 15.5 Å². The van der Waals surface area contributed by atoms with E-state index >= 15 is 0 Å². The van der Waals surface area contributed by atoms with E-state index in [4.69, 9.17) is 0 Å². The third-order valence-electron chi connectivity index (χ3n) is 0.479. The average molecular weight is 344 g/mol. The molecular weight excluding hydrogens is 344 g/mol. The molecule has 0 radical (unpaired) electrons. The summed E-state index contributed by atoms with van der Waals surface area (Å²) in [5.74, 6) is 0. The van der Waals surface area contributed by atoms with Crippen molar-refractivity contribution in [2.45, 2.75) is 0 Å². The molecule has 0 aliphatic rings. The number of rotatable bonds is 1. The maximum absolute atomic E-state index is 9.57. The van der Waals surface area contributed by atoms with Gasteiger partial charge in [-0.1, -0.05) is 0 Å². The van der Waals surface area contributed by atoms with Crippen molar-refractivity contribution in [1.82, 2.24) is 20.6 Å². The van der Waals surface area contributed by atoms with Gasteiger partial charge in [0.25, 0.3) is 0 Å². The molecule has 0 unspecified atom stereocenters. The Morgan fingerprint density at radius 3 is 2.18 bits per heavy atom. The second-order valence-corrected chi connectivity index (χ2v) is 1.02. The Kier molecular flexibility index (Phi) is 7.84. The van der Waals surface area contributed by atoms with Gasteiger partial charge in [0.15, 0.2) is 0 Å². The second-order valence-electron chi connectivity index (χ2n) is 1.02. The Labute approximate surface area is 91.0 Å². The molecule has 0 bridgehead atoms. The number of nitrogens with zero attached hydrogens (tertiary/aromatic N) is 6. The first-order chi connectivity index (χ1) is 4.29. The van der Waals surface area contributed by atoms with E-state index in [9.17, 15) is 10.1 Å². The van der Waals surface area contributed by atoms with Crippen LogP contribution in [0.3, 0.4) is 0 Å². The van der Waals surface area contributed by atoms with Crippen LogP contribution in [0, 0.1) is 10.1 Å². The number of aromatic nitrogens is 4. The summed E-state index contributed by atoms with van der Waals surface area (Å²) < 4.78 is 0. The molecule has 1 rings (SSSR count). The van der Waals surface area contributed by atoms with E-state index in [0.29, 0.717) is 0 Å². The van der Waals surface area contributed by atoms with Crippen LogP contribution < -0.4 is 15.8 Å². The molecule has 1 aromatic rings. The molecule has 1 heterocycles. The van der Waals surface area contributed by atoms with Crippen LogP contribution in [0.1, 0.15) is 0 Å². The van der Waals surface area contributed by atoms with E-state index in [2.05, 4.69) is 25.7 Å². The average Bonchev–Trinajstić information content (AvgIpc) is 2.15. The molecule has 1 aromatic heterocycles. The zero-order valence-electron chi connectivity index (χ0n) is 4.60. The van der Waals surface area contributed by atoms with Gasteiger partial charge in [0.1, 0.15) is 0 Å². The summed E-state index contributed by atoms with van der Waals surface area (Å²) in [6.07, 6.45) is 0. The van der Waals surface area contributed by atoms with E-state index in [1.54, 1.807) is 0 Å². The molecule has 0 aliphatic heterocycles. The number of hydrogen-bond acceptors (Lipinski definition) is 4. The number of tetrazole rings is 1. The molecule has 0 fully saturated rings. The Morgan fingerprint density at radius 2 is 1.82 bits per heavy atom. The first-order valence-electron chi connectivity index (χ1n) is 1.84. The van der Waals surface area contributed by atoms with Crippen molar-refractivity contribution in [3.05, 3.63) is 15.7 Å². The van der Waals surface area contributed by atoms with Crippen molar-refractivity contribution in [3.8, 4) is 0 Å². The SMILES string of the molecule is O=[N+]([O-])N=c1[n-]nn[n-]1.[Ag+].[Ag+]. The minimum absolute atomic E-state index is 0. The van der Waals surface area contributed by atoms with Crippen molar-refractivity contribution in [3.63, 3.8) is 0 Å². The maximum atomic E-state index is 9.57. The molecule has 0 aromatic carbocycles. The summed E-state index contributed by atoms with van der Waals surface area (Å²) >= 11 is 0. The molecule has 8 nitrogen and oxygen atoms in total. The first kappa shape index (κ1) is 13.3. The molecule has 0 atom stereocenters. The van der Waals surface area contributed by atoms with Gasteiger partial charge < -0.3 is 15.4 Å².